The maximum absolute atomic E-state index is 5.59. The van der Waals surface area contributed by atoms with E-state index >= 15 is 0 Å². The van der Waals surface area contributed by atoms with E-state index in [4.69, 9.17) is 5.73 Å². The van der Waals surface area contributed by atoms with Crippen LogP contribution in [0.5, 0.6) is 0 Å². The second kappa shape index (κ2) is 3.07. The van der Waals surface area contributed by atoms with Crippen molar-refractivity contribution in [1.82, 2.24) is 0 Å². The number of nitrogens with two attached hydrogens (primary N) is 1. The summed E-state index contributed by atoms with van der Waals surface area (Å²) in [4.78, 5) is 4.38. The van der Waals surface area contributed by atoms with Gasteiger partial charge in [0.2, 0.25) is 0 Å². The Morgan fingerprint density at radius 1 is 1.33 bits per heavy atom. The standard InChI is InChI=1S/C10H12N2/c11-7-10-9-4-2-1-3-8(9)5-6-12-10/h1-4H,5-7,11H2. The average molecular weight is 160 g/mol. The first-order valence-electron chi connectivity index (χ1n) is 4.23. The summed E-state index contributed by atoms with van der Waals surface area (Å²) in [5.74, 6) is 0. The monoisotopic (exact) mass is 160 g/mol. The second-order valence-corrected chi connectivity index (χ2v) is 2.94. The van der Waals surface area contributed by atoms with Crippen molar-refractivity contribution in [2.24, 2.45) is 10.7 Å². The lowest BCUT2D eigenvalue weighted by atomic mass is 9.98. The van der Waals surface area contributed by atoms with Gasteiger partial charge in [-0.3, -0.25) is 4.99 Å². The van der Waals surface area contributed by atoms with Crippen molar-refractivity contribution in [2.75, 3.05) is 13.1 Å². The van der Waals surface area contributed by atoms with E-state index in [1.165, 1.54) is 11.1 Å². The first-order valence-corrected chi connectivity index (χ1v) is 4.23. The van der Waals surface area contributed by atoms with Crippen molar-refractivity contribution in [3.8, 4) is 0 Å². The predicted molar refractivity (Wildman–Crippen MR) is 50.6 cm³/mol. The summed E-state index contributed by atoms with van der Waals surface area (Å²) in [6, 6.07) is 8.35. The molecule has 2 nitrogen and oxygen atoms in total. The lowest BCUT2D eigenvalue weighted by Crippen LogP contribution is -2.21. The molecule has 0 unspecified atom stereocenters. The van der Waals surface area contributed by atoms with Gasteiger partial charge in [0.25, 0.3) is 0 Å². The summed E-state index contributed by atoms with van der Waals surface area (Å²) in [6.07, 6.45) is 1.06. The third-order valence-corrected chi connectivity index (χ3v) is 2.21. The molecule has 0 radical (unpaired) electrons. The third kappa shape index (κ3) is 1.14. The van der Waals surface area contributed by atoms with Crippen LogP contribution in [0.3, 0.4) is 0 Å². The van der Waals surface area contributed by atoms with Gasteiger partial charge in [-0.1, -0.05) is 24.3 Å². The number of fused-ring (bicyclic) bond motifs is 1. The molecular weight excluding hydrogens is 148 g/mol. The summed E-state index contributed by atoms with van der Waals surface area (Å²) < 4.78 is 0. The van der Waals surface area contributed by atoms with Crippen molar-refractivity contribution in [3.05, 3.63) is 35.4 Å². The van der Waals surface area contributed by atoms with E-state index in [9.17, 15) is 0 Å². The first-order chi connectivity index (χ1) is 5.92. The van der Waals surface area contributed by atoms with Crippen molar-refractivity contribution >= 4 is 5.71 Å². The van der Waals surface area contributed by atoms with E-state index in [0.29, 0.717) is 6.54 Å². The third-order valence-electron chi connectivity index (χ3n) is 2.21. The Morgan fingerprint density at radius 3 is 3.00 bits per heavy atom. The van der Waals surface area contributed by atoms with Gasteiger partial charge in [0.15, 0.2) is 0 Å². The molecule has 62 valence electrons. The van der Waals surface area contributed by atoms with Crippen molar-refractivity contribution in [2.45, 2.75) is 6.42 Å². The molecule has 1 aromatic carbocycles. The molecule has 12 heavy (non-hydrogen) atoms. The van der Waals surface area contributed by atoms with Gasteiger partial charge in [0.1, 0.15) is 0 Å². The Kier molecular flexibility index (Phi) is 1.92. The molecule has 1 aliphatic rings. The van der Waals surface area contributed by atoms with Gasteiger partial charge in [0, 0.05) is 18.7 Å². The van der Waals surface area contributed by atoms with Gasteiger partial charge in [-0.15, -0.1) is 0 Å². The summed E-state index contributed by atoms with van der Waals surface area (Å²) >= 11 is 0. The predicted octanol–water partition coefficient (Wildman–Crippen LogP) is 0.990. The number of benzene rings is 1. The molecular formula is C10H12N2. The van der Waals surface area contributed by atoms with Gasteiger partial charge in [-0.05, 0) is 12.0 Å². The van der Waals surface area contributed by atoms with Crippen LogP contribution in [0.4, 0.5) is 0 Å². The zero-order valence-electron chi connectivity index (χ0n) is 6.96. The molecule has 0 fully saturated rings. The van der Waals surface area contributed by atoms with E-state index in [1.54, 1.807) is 0 Å². The Labute approximate surface area is 72.1 Å². The number of nitrogens with zero attached hydrogens (tertiary/aromatic N) is 1. The molecule has 2 rings (SSSR count). The van der Waals surface area contributed by atoms with E-state index in [-0.39, 0.29) is 0 Å². The molecule has 0 saturated heterocycles. The van der Waals surface area contributed by atoms with Gasteiger partial charge >= 0.3 is 0 Å². The van der Waals surface area contributed by atoms with Crippen molar-refractivity contribution < 1.29 is 0 Å². The number of hydrogen-bond acceptors (Lipinski definition) is 2. The highest BCUT2D eigenvalue weighted by atomic mass is 14.8. The lowest BCUT2D eigenvalue weighted by Gasteiger charge is -2.14. The molecule has 1 aliphatic heterocycles. The van der Waals surface area contributed by atoms with Gasteiger partial charge < -0.3 is 5.73 Å². The minimum Gasteiger partial charge on any atom is -0.325 e. The summed E-state index contributed by atoms with van der Waals surface area (Å²) in [5.41, 5.74) is 9.26. The Bertz CT molecular complexity index is 315. The molecule has 0 amide bonds. The highest BCUT2D eigenvalue weighted by molar-refractivity contribution is 6.03. The fourth-order valence-corrected chi connectivity index (χ4v) is 1.59. The van der Waals surface area contributed by atoms with Crippen LogP contribution < -0.4 is 5.73 Å². The largest absolute Gasteiger partial charge is 0.325 e. The highest BCUT2D eigenvalue weighted by Crippen LogP contribution is 2.14. The molecule has 0 spiro atoms. The van der Waals surface area contributed by atoms with E-state index in [2.05, 4.69) is 23.2 Å². The van der Waals surface area contributed by atoms with Crippen LogP contribution in [0.15, 0.2) is 29.3 Å². The normalized spacial score (nSPS) is 15.2. The summed E-state index contributed by atoms with van der Waals surface area (Å²) in [6.45, 7) is 1.44. The number of hydrogen-bond donors (Lipinski definition) is 1. The smallest absolute Gasteiger partial charge is 0.0559 e. The number of aliphatic imine (C=N–C) groups is 1. The van der Waals surface area contributed by atoms with Crippen LogP contribution in [0.25, 0.3) is 0 Å². The van der Waals surface area contributed by atoms with Crippen LogP contribution >= 0.6 is 0 Å². The summed E-state index contributed by atoms with van der Waals surface area (Å²) in [7, 11) is 0. The van der Waals surface area contributed by atoms with Crippen LogP contribution in [0.2, 0.25) is 0 Å². The minimum absolute atomic E-state index is 0.553. The first kappa shape index (κ1) is 7.50. The average Bonchev–Trinajstić information content (AvgIpc) is 2.17. The molecule has 2 heteroatoms. The minimum atomic E-state index is 0.553. The highest BCUT2D eigenvalue weighted by Gasteiger charge is 2.10. The van der Waals surface area contributed by atoms with Crippen molar-refractivity contribution in [1.29, 1.82) is 0 Å². The molecule has 1 heterocycles. The molecule has 1 aromatic rings. The van der Waals surface area contributed by atoms with Gasteiger partial charge in [-0.2, -0.15) is 0 Å². The molecule has 0 aliphatic carbocycles. The molecule has 0 atom stereocenters. The van der Waals surface area contributed by atoms with Crippen LogP contribution in [0, 0.1) is 0 Å². The van der Waals surface area contributed by atoms with Crippen molar-refractivity contribution in [3.63, 3.8) is 0 Å². The SMILES string of the molecule is NCC1=NCCc2ccccc21. The second-order valence-electron chi connectivity index (χ2n) is 2.94. The van der Waals surface area contributed by atoms with Crippen LogP contribution in [-0.2, 0) is 6.42 Å². The zero-order valence-corrected chi connectivity index (χ0v) is 6.96. The van der Waals surface area contributed by atoms with Crippen LogP contribution in [0.1, 0.15) is 11.1 Å². The maximum atomic E-state index is 5.59. The number of rotatable bonds is 1. The van der Waals surface area contributed by atoms with E-state index in [1.807, 2.05) is 6.07 Å². The fourth-order valence-electron chi connectivity index (χ4n) is 1.59. The lowest BCUT2D eigenvalue weighted by molar-refractivity contribution is 0.935. The topological polar surface area (TPSA) is 38.4 Å². The van der Waals surface area contributed by atoms with Gasteiger partial charge in [0.05, 0.1) is 5.71 Å². The zero-order chi connectivity index (χ0) is 8.39. The van der Waals surface area contributed by atoms with E-state index in [0.717, 1.165) is 18.7 Å². The maximum Gasteiger partial charge on any atom is 0.0559 e. The quantitative estimate of drug-likeness (QED) is 0.653. The Balaban J connectivity index is 2.48. The summed E-state index contributed by atoms with van der Waals surface area (Å²) in [5, 5.41) is 0. The molecule has 0 bridgehead atoms. The Morgan fingerprint density at radius 2 is 2.17 bits per heavy atom. The van der Waals surface area contributed by atoms with E-state index < -0.39 is 0 Å². The van der Waals surface area contributed by atoms with Gasteiger partial charge in [-0.25, -0.2) is 0 Å². The molecule has 2 N–H and O–H groups in total. The Hall–Kier alpha value is -1.15. The van der Waals surface area contributed by atoms with Crippen LogP contribution in [-0.4, -0.2) is 18.8 Å². The molecule has 0 aromatic heterocycles. The fraction of sp³-hybridized carbons (Fsp3) is 0.300. The molecule has 0 saturated carbocycles.